The first-order valence-electron chi connectivity index (χ1n) is 5.14. The molecule has 0 atom stereocenters. The third-order valence-corrected chi connectivity index (χ3v) is 2.02. The van der Waals surface area contributed by atoms with Crippen molar-refractivity contribution in [3.63, 3.8) is 0 Å². The highest BCUT2D eigenvalue weighted by Gasteiger charge is 2.07. The van der Waals surface area contributed by atoms with Crippen molar-refractivity contribution >= 4 is 5.91 Å². The molecule has 0 heterocycles. The van der Waals surface area contributed by atoms with Crippen LogP contribution in [0.15, 0.2) is 0 Å². The molecule has 3 heteroatoms. The molecular formula is C11H20N2O. The Morgan fingerprint density at radius 1 is 1.36 bits per heavy atom. The molecule has 0 saturated heterocycles. The molecule has 0 aliphatic rings. The Morgan fingerprint density at radius 3 is 2.50 bits per heavy atom. The number of hydrogen-bond donors (Lipinski definition) is 1. The van der Waals surface area contributed by atoms with Crippen molar-refractivity contribution < 1.29 is 4.79 Å². The van der Waals surface area contributed by atoms with E-state index < -0.39 is 0 Å². The minimum atomic E-state index is 0.215. The van der Waals surface area contributed by atoms with Gasteiger partial charge in [0.2, 0.25) is 5.91 Å². The number of nitrogens with one attached hydrogen (secondary N) is 1. The largest absolute Gasteiger partial charge is 0.343 e. The minimum Gasteiger partial charge on any atom is -0.343 e. The van der Waals surface area contributed by atoms with Crippen molar-refractivity contribution in [3.8, 4) is 11.8 Å². The second kappa shape index (κ2) is 8.58. The number of nitrogens with zero attached hydrogens (tertiary/aromatic N) is 1. The first-order valence-corrected chi connectivity index (χ1v) is 5.14. The van der Waals surface area contributed by atoms with Crippen molar-refractivity contribution in [2.24, 2.45) is 0 Å². The van der Waals surface area contributed by atoms with Gasteiger partial charge in [-0.05, 0) is 20.8 Å². The molecule has 0 aromatic rings. The van der Waals surface area contributed by atoms with Gasteiger partial charge in [0, 0.05) is 26.1 Å². The maximum atomic E-state index is 11.5. The molecule has 3 nitrogen and oxygen atoms in total. The van der Waals surface area contributed by atoms with E-state index in [2.05, 4.69) is 17.2 Å². The zero-order valence-corrected chi connectivity index (χ0v) is 9.39. The van der Waals surface area contributed by atoms with Crippen LogP contribution in [0.1, 0.15) is 27.2 Å². The van der Waals surface area contributed by atoms with Gasteiger partial charge in [-0.15, -0.1) is 5.92 Å². The van der Waals surface area contributed by atoms with Crippen LogP contribution in [0.3, 0.4) is 0 Å². The lowest BCUT2D eigenvalue weighted by molar-refractivity contribution is -0.130. The van der Waals surface area contributed by atoms with E-state index in [1.54, 1.807) is 0 Å². The molecule has 0 aliphatic carbocycles. The van der Waals surface area contributed by atoms with Gasteiger partial charge in [0.15, 0.2) is 0 Å². The molecule has 80 valence electrons. The summed E-state index contributed by atoms with van der Waals surface area (Å²) in [5.41, 5.74) is 0. The van der Waals surface area contributed by atoms with Crippen molar-refractivity contribution in [1.82, 2.24) is 10.2 Å². The fourth-order valence-electron chi connectivity index (χ4n) is 1.17. The number of carbonyl (C=O) groups excluding carboxylic acids is 1. The van der Waals surface area contributed by atoms with Crippen molar-refractivity contribution in [2.45, 2.75) is 27.2 Å². The van der Waals surface area contributed by atoms with E-state index in [0.29, 0.717) is 19.5 Å². The Bertz CT molecular complexity index is 211. The molecule has 0 aromatic heterocycles. The van der Waals surface area contributed by atoms with Crippen molar-refractivity contribution in [3.05, 3.63) is 0 Å². The maximum Gasteiger partial charge on any atom is 0.223 e. The SMILES string of the molecule is CC#CCNCCC(=O)N(CC)CC. The topological polar surface area (TPSA) is 32.3 Å². The van der Waals surface area contributed by atoms with Gasteiger partial charge in [-0.25, -0.2) is 0 Å². The van der Waals surface area contributed by atoms with Gasteiger partial charge < -0.3 is 10.2 Å². The number of hydrogen-bond acceptors (Lipinski definition) is 2. The highest BCUT2D eigenvalue weighted by atomic mass is 16.2. The molecule has 14 heavy (non-hydrogen) atoms. The van der Waals surface area contributed by atoms with Crippen LogP contribution in [0.25, 0.3) is 0 Å². The van der Waals surface area contributed by atoms with E-state index in [0.717, 1.165) is 13.1 Å². The van der Waals surface area contributed by atoms with Crippen LogP contribution in [0.5, 0.6) is 0 Å². The Hall–Kier alpha value is -1.01. The predicted octanol–water partition coefficient (Wildman–Crippen LogP) is 0.858. The van der Waals surface area contributed by atoms with E-state index in [1.165, 1.54) is 0 Å². The Labute approximate surface area is 86.9 Å². The van der Waals surface area contributed by atoms with Crippen molar-refractivity contribution in [2.75, 3.05) is 26.2 Å². The standard InChI is InChI=1S/C11H20N2O/c1-4-7-9-12-10-8-11(14)13(5-2)6-3/h12H,5-6,8-10H2,1-3H3. The molecule has 0 spiro atoms. The van der Waals surface area contributed by atoms with Crippen LogP contribution in [0, 0.1) is 11.8 Å². The molecule has 0 fully saturated rings. The maximum absolute atomic E-state index is 11.5. The quantitative estimate of drug-likeness (QED) is 0.505. The van der Waals surface area contributed by atoms with Crippen molar-refractivity contribution in [1.29, 1.82) is 0 Å². The second-order valence-corrected chi connectivity index (χ2v) is 2.92. The smallest absolute Gasteiger partial charge is 0.223 e. The molecule has 0 aliphatic heterocycles. The first-order chi connectivity index (χ1) is 6.76. The number of amides is 1. The van der Waals surface area contributed by atoms with Gasteiger partial charge >= 0.3 is 0 Å². The van der Waals surface area contributed by atoms with Crippen LogP contribution in [0.2, 0.25) is 0 Å². The zero-order valence-electron chi connectivity index (χ0n) is 9.39. The van der Waals surface area contributed by atoms with Gasteiger partial charge in [0.1, 0.15) is 0 Å². The number of rotatable bonds is 6. The summed E-state index contributed by atoms with van der Waals surface area (Å²) in [6.07, 6.45) is 0.563. The van der Waals surface area contributed by atoms with E-state index in [4.69, 9.17) is 0 Å². The molecule has 0 saturated carbocycles. The molecular weight excluding hydrogens is 176 g/mol. The lowest BCUT2D eigenvalue weighted by Crippen LogP contribution is -2.32. The average molecular weight is 196 g/mol. The fourth-order valence-corrected chi connectivity index (χ4v) is 1.17. The van der Waals surface area contributed by atoms with Gasteiger partial charge in [-0.3, -0.25) is 4.79 Å². The molecule has 0 radical (unpaired) electrons. The van der Waals surface area contributed by atoms with Gasteiger partial charge in [-0.1, -0.05) is 5.92 Å². The molecule has 1 N–H and O–H groups in total. The van der Waals surface area contributed by atoms with E-state index in [1.807, 2.05) is 25.7 Å². The lowest BCUT2D eigenvalue weighted by atomic mass is 10.3. The van der Waals surface area contributed by atoms with Gasteiger partial charge in [-0.2, -0.15) is 0 Å². The monoisotopic (exact) mass is 196 g/mol. The first kappa shape index (κ1) is 13.0. The van der Waals surface area contributed by atoms with E-state index in [-0.39, 0.29) is 5.91 Å². The fraction of sp³-hybridized carbons (Fsp3) is 0.727. The average Bonchev–Trinajstić information content (AvgIpc) is 2.19. The third-order valence-electron chi connectivity index (χ3n) is 2.02. The summed E-state index contributed by atoms with van der Waals surface area (Å²) in [5, 5.41) is 3.10. The summed E-state index contributed by atoms with van der Waals surface area (Å²) in [4.78, 5) is 13.3. The molecule has 1 amide bonds. The Balaban J connectivity index is 3.55. The van der Waals surface area contributed by atoms with E-state index in [9.17, 15) is 4.79 Å². The lowest BCUT2D eigenvalue weighted by Gasteiger charge is -2.18. The Morgan fingerprint density at radius 2 is 2.00 bits per heavy atom. The van der Waals surface area contributed by atoms with Crippen LogP contribution in [-0.4, -0.2) is 37.0 Å². The third kappa shape index (κ3) is 5.60. The molecule has 0 bridgehead atoms. The van der Waals surface area contributed by atoms with Crippen LogP contribution in [-0.2, 0) is 4.79 Å². The summed E-state index contributed by atoms with van der Waals surface area (Å²) in [6, 6.07) is 0. The van der Waals surface area contributed by atoms with Gasteiger partial charge in [0.05, 0.1) is 6.54 Å². The predicted molar refractivity (Wildman–Crippen MR) is 58.9 cm³/mol. The van der Waals surface area contributed by atoms with Crippen LogP contribution < -0.4 is 5.32 Å². The Kier molecular flexibility index (Phi) is 7.96. The summed E-state index contributed by atoms with van der Waals surface area (Å²) < 4.78 is 0. The zero-order chi connectivity index (χ0) is 10.8. The van der Waals surface area contributed by atoms with Crippen LogP contribution >= 0.6 is 0 Å². The molecule has 0 rings (SSSR count). The van der Waals surface area contributed by atoms with Gasteiger partial charge in [0.25, 0.3) is 0 Å². The summed E-state index contributed by atoms with van der Waals surface area (Å²) in [5.74, 6) is 5.90. The normalized spacial score (nSPS) is 9.07. The summed E-state index contributed by atoms with van der Waals surface area (Å²) >= 11 is 0. The summed E-state index contributed by atoms with van der Waals surface area (Å²) in [7, 11) is 0. The minimum absolute atomic E-state index is 0.215. The number of carbonyl (C=O) groups is 1. The molecule has 0 unspecified atom stereocenters. The highest BCUT2D eigenvalue weighted by molar-refractivity contribution is 5.76. The second-order valence-electron chi connectivity index (χ2n) is 2.92. The highest BCUT2D eigenvalue weighted by Crippen LogP contribution is 1.92. The summed E-state index contributed by atoms with van der Waals surface area (Å²) in [6.45, 7) is 8.78. The van der Waals surface area contributed by atoms with E-state index >= 15 is 0 Å². The molecule has 0 aromatic carbocycles. The van der Waals surface area contributed by atoms with Crippen LogP contribution in [0.4, 0.5) is 0 Å².